The Morgan fingerprint density at radius 1 is 1.38 bits per heavy atom. The lowest BCUT2D eigenvalue weighted by Crippen LogP contribution is -2.40. The summed E-state index contributed by atoms with van der Waals surface area (Å²) < 4.78 is 11.4. The quantitative estimate of drug-likeness (QED) is 0.875. The second-order valence-electron chi connectivity index (χ2n) is 5.49. The third-order valence-electron chi connectivity index (χ3n) is 3.53. The Hall–Kier alpha value is -1.50. The lowest BCUT2D eigenvalue weighted by Gasteiger charge is -2.23. The summed E-state index contributed by atoms with van der Waals surface area (Å²) in [5.74, 6) is 1.94. The van der Waals surface area contributed by atoms with Gasteiger partial charge < -0.3 is 10.6 Å². The van der Waals surface area contributed by atoms with Gasteiger partial charge in [-0.1, -0.05) is 13.8 Å². The summed E-state index contributed by atoms with van der Waals surface area (Å²) in [4.78, 5) is 21.1. The summed E-state index contributed by atoms with van der Waals surface area (Å²) in [6.45, 7) is 3.99. The fourth-order valence-corrected chi connectivity index (χ4v) is 3.52. The van der Waals surface area contributed by atoms with Crippen LogP contribution in [0.4, 0.5) is 5.69 Å². The summed E-state index contributed by atoms with van der Waals surface area (Å²) in [6, 6.07) is 0.0809. The maximum Gasteiger partial charge on any atom is 0.272 e. The molecule has 2 heterocycles. The van der Waals surface area contributed by atoms with Gasteiger partial charge in [-0.15, -0.1) is 0 Å². The van der Waals surface area contributed by atoms with Gasteiger partial charge in [-0.05, 0) is 12.8 Å². The number of amides is 1. The zero-order valence-corrected chi connectivity index (χ0v) is 13.5. The number of carbonyl (C=O) groups excluding carboxylic acids is 1. The fourth-order valence-electron chi connectivity index (χ4n) is 2.22. The Balaban J connectivity index is 2.13. The maximum absolute atomic E-state index is 12.4. The van der Waals surface area contributed by atoms with Crippen molar-refractivity contribution in [1.82, 2.24) is 15.3 Å². The molecule has 0 unspecified atom stereocenters. The third kappa shape index (κ3) is 4.00. The zero-order chi connectivity index (χ0) is 15.4. The molecular weight excluding hydrogens is 288 g/mol. The zero-order valence-electron chi connectivity index (χ0n) is 12.7. The molecule has 1 saturated heterocycles. The first-order valence-corrected chi connectivity index (χ1v) is 8.70. The highest BCUT2D eigenvalue weighted by atomic mass is 32.2. The molecule has 0 saturated carbocycles. The number of nitrogens with zero attached hydrogens (tertiary/aromatic N) is 2. The SMILES string of the molecule is CNc1cnc(C(C)C)nc1C(=O)NC1CCS(=O)CC1. The molecule has 0 radical (unpaired) electrons. The van der Waals surface area contributed by atoms with E-state index in [0.717, 1.165) is 12.8 Å². The Morgan fingerprint density at radius 2 is 2.05 bits per heavy atom. The number of carbonyl (C=O) groups is 1. The third-order valence-corrected chi connectivity index (χ3v) is 4.91. The van der Waals surface area contributed by atoms with Crippen LogP contribution in [0.2, 0.25) is 0 Å². The molecule has 0 spiro atoms. The lowest BCUT2D eigenvalue weighted by atomic mass is 10.1. The molecule has 2 rings (SSSR count). The summed E-state index contributed by atoms with van der Waals surface area (Å²) in [7, 11) is 1.02. The van der Waals surface area contributed by atoms with E-state index in [-0.39, 0.29) is 17.9 Å². The van der Waals surface area contributed by atoms with Crippen LogP contribution in [0.3, 0.4) is 0 Å². The van der Waals surface area contributed by atoms with Gasteiger partial charge in [0.15, 0.2) is 5.69 Å². The second-order valence-corrected chi connectivity index (χ2v) is 7.19. The molecule has 2 N–H and O–H groups in total. The Bertz CT molecular complexity index is 538. The number of rotatable bonds is 4. The number of anilines is 1. The van der Waals surface area contributed by atoms with E-state index in [1.807, 2.05) is 13.8 Å². The van der Waals surface area contributed by atoms with Crippen molar-refractivity contribution in [2.75, 3.05) is 23.9 Å². The maximum atomic E-state index is 12.4. The van der Waals surface area contributed by atoms with Gasteiger partial charge in [0.05, 0.1) is 11.9 Å². The van der Waals surface area contributed by atoms with E-state index >= 15 is 0 Å². The Kier molecular flexibility index (Phi) is 5.27. The highest BCUT2D eigenvalue weighted by Gasteiger charge is 2.22. The molecule has 1 aliphatic heterocycles. The first kappa shape index (κ1) is 15.9. The van der Waals surface area contributed by atoms with Crippen LogP contribution in [0.15, 0.2) is 6.20 Å². The first-order chi connectivity index (χ1) is 10.0. The Labute approximate surface area is 127 Å². The van der Waals surface area contributed by atoms with E-state index in [2.05, 4.69) is 20.6 Å². The van der Waals surface area contributed by atoms with Crippen molar-refractivity contribution < 1.29 is 9.00 Å². The monoisotopic (exact) mass is 310 g/mol. The molecule has 1 aromatic rings. The average Bonchev–Trinajstić information content (AvgIpc) is 2.48. The van der Waals surface area contributed by atoms with Crippen LogP contribution in [0.5, 0.6) is 0 Å². The molecule has 7 heteroatoms. The van der Waals surface area contributed by atoms with Crippen LogP contribution in [-0.2, 0) is 10.8 Å². The summed E-state index contributed by atoms with van der Waals surface area (Å²) in [5, 5.41) is 5.95. The van der Waals surface area contributed by atoms with Crippen molar-refractivity contribution in [3.8, 4) is 0 Å². The molecule has 0 aliphatic carbocycles. The van der Waals surface area contributed by atoms with Crippen molar-refractivity contribution in [2.24, 2.45) is 0 Å². The van der Waals surface area contributed by atoms with Gasteiger partial charge in [0.2, 0.25) is 0 Å². The Morgan fingerprint density at radius 3 is 2.62 bits per heavy atom. The van der Waals surface area contributed by atoms with Gasteiger partial charge in [-0.25, -0.2) is 9.97 Å². The van der Waals surface area contributed by atoms with Crippen molar-refractivity contribution >= 4 is 22.4 Å². The molecule has 1 fully saturated rings. The number of nitrogens with one attached hydrogen (secondary N) is 2. The predicted octanol–water partition coefficient (Wildman–Crippen LogP) is 1.28. The van der Waals surface area contributed by atoms with Gasteiger partial charge in [0.25, 0.3) is 5.91 Å². The van der Waals surface area contributed by atoms with Crippen LogP contribution in [0, 0.1) is 0 Å². The molecule has 1 amide bonds. The minimum absolute atomic E-state index is 0.0809. The predicted molar refractivity (Wildman–Crippen MR) is 84.0 cm³/mol. The molecule has 0 bridgehead atoms. The van der Waals surface area contributed by atoms with E-state index in [4.69, 9.17) is 0 Å². The van der Waals surface area contributed by atoms with Crippen LogP contribution in [-0.4, -0.2) is 44.7 Å². The molecule has 0 atom stereocenters. The van der Waals surface area contributed by atoms with Gasteiger partial charge in [0.1, 0.15) is 5.82 Å². The van der Waals surface area contributed by atoms with Crippen molar-refractivity contribution in [1.29, 1.82) is 0 Å². The van der Waals surface area contributed by atoms with Crippen LogP contribution in [0.25, 0.3) is 0 Å². The summed E-state index contributed by atoms with van der Waals surface area (Å²) in [5.41, 5.74) is 0.999. The van der Waals surface area contributed by atoms with Crippen LogP contribution < -0.4 is 10.6 Å². The van der Waals surface area contributed by atoms with Crippen LogP contribution >= 0.6 is 0 Å². The van der Waals surface area contributed by atoms with E-state index in [9.17, 15) is 9.00 Å². The van der Waals surface area contributed by atoms with Crippen molar-refractivity contribution in [2.45, 2.75) is 38.6 Å². The minimum atomic E-state index is -0.725. The largest absolute Gasteiger partial charge is 0.385 e. The minimum Gasteiger partial charge on any atom is -0.385 e. The number of hydrogen-bond donors (Lipinski definition) is 2. The average molecular weight is 310 g/mol. The van der Waals surface area contributed by atoms with Gasteiger partial charge in [-0.2, -0.15) is 0 Å². The standard InChI is InChI=1S/C14H22N4O2S/c1-9(2)13-16-8-11(15-3)12(18-13)14(19)17-10-4-6-21(20)7-5-10/h8-10,15H,4-7H2,1-3H3,(H,17,19). The molecular formula is C14H22N4O2S. The van der Waals surface area contributed by atoms with Crippen LogP contribution in [0.1, 0.15) is 48.9 Å². The van der Waals surface area contributed by atoms with E-state index < -0.39 is 10.8 Å². The number of aromatic nitrogens is 2. The molecule has 1 aromatic heterocycles. The highest BCUT2D eigenvalue weighted by Crippen LogP contribution is 2.17. The molecule has 6 nitrogen and oxygen atoms in total. The van der Waals surface area contributed by atoms with Gasteiger partial charge in [0, 0.05) is 41.3 Å². The second kappa shape index (κ2) is 6.98. The van der Waals surface area contributed by atoms with Crippen molar-refractivity contribution in [3.63, 3.8) is 0 Å². The number of hydrogen-bond acceptors (Lipinski definition) is 5. The smallest absolute Gasteiger partial charge is 0.272 e. The molecule has 21 heavy (non-hydrogen) atoms. The van der Waals surface area contributed by atoms with E-state index in [1.165, 1.54) is 0 Å². The van der Waals surface area contributed by atoms with Crippen molar-refractivity contribution in [3.05, 3.63) is 17.7 Å². The highest BCUT2D eigenvalue weighted by molar-refractivity contribution is 7.85. The summed E-state index contributed by atoms with van der Waals surface area (Å²) >= 11 is 0. The fraction of sp³-hybridized carbons (Fsp3) is 0.643. The van der Waals surface area contributed by atoms with E-state index in [0.29, 0.717) is 28.7 Å². The molecule has 1 aliphatic rings. The topological polar surface area (TPSA) is 84.0 Å². The van der Waals surface area contributed by atoms with E-state index in [1.54, 1.807) is 13.2 Å². The van der Waals surface area contributed by atoms with Gasteiger partial charge in [-0.3, -0.25) is 9.00 Å². The summed E-state index contributed by atoms with van der Waals surface area (Å²) in [6.07, 6.45) is 3.16. The van der Waals surface area contributed by atoms with Gasteiger partial charge >= 0.3 is 0 Å². The normalized spacial score (nSPS) is 22.1. The molecule has 116 valence electrons. The molecule has 0 aromatic carbocycles. The lowest BCUT2D eigenvalue weighted by molar-refractivity contribution is 0.0930. The first-order valence-electron chi connectivity index (χ1n) is 7.21.